The highest BCUT2D eigenvalue weighted by Crippen LogP contribution is 2.60. The summed E-state index contributed by atoms with van der Waals surface area (Å²) in [5.74, 6) is -1.03. The van der Waals surface area contributed by atoms with Gasteiger partial charge in [0.1, 0.15) is 0 Å². The summed E-state index contributed by atoms with van der Waals surface area (Å²) in [6.07, 6.45) is 3.95. The standard InChI is InChI=1S/C43H45ClN6O5Si/c1-27-41(56(2,3)54)39(18-19-49-25-37(47-48-49)34(26-51)29-11-5-4-6-12-29)55-43(27)35-22-31(44)16-17-38(35)50(42(43)53)24-28-10-9-13-32(20-28)46-40(52)21-30-23-45-36-15-8-7-14-33(30)36/h4-17,20,22-23,25,27,34,39,41,45,51,54H,18-19,21,24,26H2,1-3H3,(H,46,52)/t27-,34?,39+,41-,43+/m0/s1. The minimum Gasteiger partial charge on any atom is -0.432 e. The van der Waals surface area contributed by atoms with Gasteiger partial charge in [0.05, 0.1) is 43.0 Å². The van der Waals surface area contributed by atoms with Crippen molar-refractivity contribution in [3.05, 3.63) is 142 Å². The van der Waals surface area contributed by atoms with Crippen molar-refractivity contribution in [3.63, 3.8) is 0 Å². The van der Waals surface area contributed by atoms with E-state index >= 15 is 0 Å². The molecule has 4 N–H and O–H groups in total. The Hall–Kier alpha value is -5.11. The summed E-state index contributed by atoms with van der Waals surface area (Å²) in [6.45, 7) is 6.38. The molecule has 1 spiro atoms. The third-order valence-electron chi connectivity index (χ3n) is 11.5. The van der Waals surface area contributed by atoms with Gasteiger partial charge in [-0.05, 0) is 72.6 Å². The average molecular weight is 789 g/mol. The van der Waals surface area contributed by atoms with Crippen LogP contribution in [0.15, 0.2) is 109 Å². The molecule has 0 aliphatic carbocycles. The van der Waals surface area contributed by atoms with Crippen LogP contribution in [0, 0.1) is 5.92 Å². The number of aromatic nitrogens is 4. The summed E-state index contributed by atoms with van der Waals surface area (Å²) in [4.78, 5) is 44.9. The first-order valence-electron chi connectivity index (χ1n) is 19.0. The van der Waals surface area contributed by atoms with E-state index in [1.165, 1.54) is 0 Å². The van der Waals surface area contributed by atoms with Crippen molar-refractivity contribution in [1.82, 2.24) is 20.0 Å². The predicted octanol–water partition coefficient (Wildman–Crippen LogP) is 7.15. The van der Waals surface area contributed by atoms with Crippen LogP contribution in [0.3, 0.4) is 0 Å². The Morgan fingerprint density at radius 2 is 1.84 bits per heavy atom. The maximum absolute atomic E-state index is 15.0. The highest BCUT2D eigenvalue weighted by molar-refractivity contribution is 6.71. The largest absolute Gasteiger partial charge is 0.432 e. The minimum absolute atomic E-state index is 0.105. The number of aliphatic hydroxyl groups excluding tert-OH is 1. The van der Waals surface area contributed by atoms with Crippen LogP contribution in [0.4, 0.5) is 11.4 Å². The number of benzene rings is 4. The number of hydrogen-bond acceptors (Lipinski definition) is 7. The van der Waals surface area contributed by atoms with Crippen LogP contribution in [-0.4, -0.2) is 62.7 Å². The molecule has 4 aromatic carbocycles. The lowest BCUT2D eigenvalue weighted by Gasteiger charge is -2.32. The van der Waals surface area contributed by atoms with Crippen LogP contribution in [0.5, 0.6) is 0 Å². The van der Waals surface area contributed by atoms with Crippen molar-refractivity contribution in [2.45, 2.75) is 69.1 Å². The SMILES string of the molecule is C[C@H]1[C@H]([Si](C)(C)O)[C@@H](CCn2cc(C(CO)c3ccccc3)nn2)O[C@]12C(=O)N(Cc1cccc(NC(=O)Cc3c[nH]c4ccccc34)c1)c1ccc(Cl)cc12. The predicted molar refractivity (Wildman–Crippen MR) is 219 cm³/mol. The molecule has 2 aliphatic heterocycles. The monoisotopic (exact) mass is 788 g/mol. The van der Waals surface area contributed by atoms with E-state index in [-0.39, 0.29) is 48.8 Å². The quantitative estimate of drug-likeness (QED) is 0.0964. The first kappa shape index (κ1) is 37.8. The molecule has 0 saturated carbocycles. The van der Waals surface area contributed by atoms with E-state index in [1.807, 2.05) is 123 Å². The maximum Gasteiger partial charge on any atom is 0.264 e. The topological polar surface area (TPSA) is 146 Å². The number of fused-ring (bicyclic) bond motifs is 3. The number of carbonyl (C=O) groups excluding carboxylic acids is 2. The van der Waals surface area contributed by atoms with Gasteiger partial charge in [-0.25, -0.2) is 0 Å². The van der Waals surface area contributed by atoms with Crippen LogP contribution in [0.25, 0.3) is 10.9 Å². The maximum atomic E-state index is 15.0. The minimum atomic E-state index is -2.92. The molecule has 2 aromatic heterocycles. The number of anilines is 2. The molecule has 11 nitrogen and oxygen atoms in total. The number of nitrogens with zero attached hydrogens (tertiary/aromatic N) is 4. The normalized spacial score (nSPS) is 21.2. The van der Waals surface area contributed by atoms with E-state index in [9.17, 15) is 19.5 Å². The van der Waals surface area contributed by atoms with Gasteiger partial charge in [0, 0.05) is 57.6 Å². The molecule has 2 amide bonds. The lowest BCUT2D eigenvalue weighted by molar-refractivity contribution is -0.146. The second-order valence-corrected chi connectivity index (χ2v) is 19.9. The number of aromatic amines is 1. The van der Waals surface area contributed by atoms with Gasteiger partial charge in [-0.3, -0.25) is 14.3 Å². The van der Waals surface area contributed by atoms with E-state index in [1.54, 1.807) is 15.6 Å². The molecule has 13 heteroatoms. The van der Waals surface area contributed by atoms with Crippen molar-refractivity contribution in [2.75, 3.05) is 16.8 Å². The van der Waals surface area contributed by atoms with Crippen molar-refractivity contribution >= 4 is 54.0 Å². The number of aryl methyl sites for hydroxylation is 1. The van der Waals surface area contributed by atoms with Gasteiger partial charge in [0.25, 0.3) is 5.91 Å². The van der Waals surface area contributed by atoms with Crippen molar-refractivity contribution in [1.29, 1.82) is 0 Å². The number of rotatable bonds is 12. The fraction of sp³-hybridized carbons (Fsp3) is 0.302. The van der Waals surface area contributed by atoms with Crippen LogP contribution < -0.4 is 10.2 Å². The Labute approximate surface area is 331 Å². The molecule has 1 fully saturated rings. The van der Waals surface area contributed by atoms with Gasteiger partial charge in [-0.15, -0.1) is 5.10 Å². The van der Waals surface area contributed by atoms with Crippen LogP contribution in [0.2, 0.25) is 23.7 Å². The van der Waals surface area contributed by atoms with Gasteiger partial charge in [-0.2, -0.15) is 0 Å². The van der Waals surface area contributed by atoms with E-state index in [4.69, 9.17) is 16.3 Å². The van der Waals surface area contributed by atoms with Gasteiger partial charge in [0.15, 0.2) is 13.9 Å². The first-order chi connectivity index (χ1) is 27.0. The number of H-pyrrole nitrogens is 1. The highest BCUT2D eigenvalue weighted by atomic mass is 35.5. The third kappa shape index (κ3) is 6.96. The molecule has 0 bridgehead atoms. The zero-order valence-electron chi connectivity index (χ0n) is 31.5. The van der Waals surface area contributed by atoms with Crippen LogP contribution in [0.1, 0.15) is 47.2 Å². The number of para-hydroxylation sites is 1. The van der Waals surface area contributed by atoms with Crippen molar-refractivity contribution in [3.8, 4) is 0 Å². The molecule has 1 unspecified atom stereocenters. The van der Waals surface area contributed by atoms with Crippen molar-refractivity contribution in [2.24, 2.45) is 5.92 Å². The summed E-state index contributed by atoms with van der Waals surface area (Å²) < 4.78 is 8.75. The smallest absolute Gasteiger partial charge is 0.264 e. The Balaban J connectivity index is 1.03. The molecule has 1 saturated heterocycles. The van der Waals surface area contributed by atoms with Gasteiger partial charge in [0.2, 0.25) is 5.91 Å². The number of carbonyl (C=O) groups is 2. The molecule has 8 rings (SSSR count). The van der Waals surface area contributed by atoms with Gasteiger partial charge < -0.3 is 29.8 Å². The highest BCUT2D eigenvalue weighted by Gasteiger charge is 2.66. The van der Waals surface area contributed by atoms with E-state index in [2.05, 4.69) is 20.6 Å². The second kappa shape index (κ2) is 15.1. The third-order valence-corrected chi connectivity index (χ3v) is 14.2. The van der Waals surface area contributed by atoms with Crippen molar-refractivity contribution < 1.29 is 24.2 Å². The van der Waals surface area contributed by atoms with Gasteiger partial charge >= 0.3 is 0 Å². The summed E-state index contributed by atoms with van der Waals surface area (Å²) in [6, 6.07) is 30.6. The summed E-state index contributed by atoms with van der Waals surface area (Å²) in [5, 5.41) is 23.5. The molecule has 2 aliphatic rings. The molecular weight excluding hydrogens is 744 g/mol. The Morgan fingerprint density at radius 1 is 1.05 bits per heavy atom. The molecular formula is C43H45ClN6O5Si. The molecule has 288 valence electrons. The molecule has 6 aromatic rings. The van der Waals surface area contributed by atoms with Crippen LogP contribution >= 0.6 is 11.6 Å². The summed E-state index contributed by atoms with van der Waals surface area (Å²) >= 11 is 6.62. The van der Waals surface area contributed by atoms with E-state index in [0.29, 0.717) is 40.6 Å². The average Bonchev–Trinajstić information content (AvgIpc) is 3.93. The molecule has 0 radical (unpaired) electrons. The molecule has 56 heavy (non-hydrogen) atoms. The van der Waals surface area contributed by atoms with E-state index < -0.39 is 20.0 Å². The molecule has 4 heterocycles. The summed E-state index contributed by atoms with van der Waals surface area (Å²) in [7, 11) is -2.92. The van der Waals surface area contributed by atoms with Crippen LogP contribution in [-0.2, 0) is 39.4 Å². The Kier molecular flexibility index (Phi) is 10.2. The lowest BCUT2D eigenvalue weighted by Crippen LogP contribution is -2.46. The number of halogens is 1. The zero-order valence-corrected chi connectivity index (χ0v) is 33.3. The zero-order chi connectivity index (χ0) is 39.2. The number of aliphatic hydroxyl groups is 1. The second-order valence-electron chi connectivity index (χ2n) is 15.5. The summed E-state index contributed by atoms with van der Waals surface area (Å²) in [5.41, 5.74) is 4.71. The number of nitrogens with one attached hydrogen (secondary N) is 2. The fourth-order valence-corrected chi connectivity index (χ4v) is 11.7. The number of ether oxygens (including phenoxy) is 1. The fourth-order valence-electron chi connectivity index (χ4n) is 8.96. The lowest BCUT2D eigenvalue weighted by atomic mass is 9.82. The van der Waals surface area contributed by atoms with Gasteiger partial charge in [-0.1, -0.05) is 84.4 Å². The van der Waals surface area contributed by atoms with E-state index in [0.717, 1.165) is 27.6 Å². The first-order valence-corrected chi connectivity index (χ1v) is 22.4. The Bertz CT molecular complexity index is 2400. The number of hydrogen-bond donors (Lipinski definition) is 4. The molecule has 5 atom stereocenters. The number of amides is 2. The Morgan fingerprint density at radius 3 is 2.62 bits per heavy atom.